The van der Waals surface area contributed by atoms with Gasteiger partial charge in [0, 0.05) is 10.0 Å². The highest BCUT2D eigenvalue weighted by atomic mass is 35.5. The van der Waals surface area contributed by atoms with E-state index in [4.69, 9.17) is 23.2 Å². The maximum Gasteiger partial charge on any atom is 0.0446 e. The Balaban J connectivity index is 2.42. The van der Waals surface area contributed by atoms with Crippen LogP contribution in [0.3, 0.4) is 0 Å². The SMILES string of the molecule is CC(C)c1ccc(-c2ccc(C(C)C)c(Cl)c2)cc1Cl. The van der Waals surface area contributed by atoms with E-state index in [1.54, 1.807) is 0 Å². The Morgan fingerprint density at radius 2 is 1.00 bits per heavy atom. The molecular weight excluding hydrogens is 287 g/mol. The largest absolute Gasteiger partial charge is 0.0840 e. The third-order valence-electron chi connectivity index (χ3n) is 3.58. The van der Waals surface area contributed by atoms with E-state index >= 15 is 0 Å². The maximum atomic E-state index is 6.36. The third-order valence-corrected chi connectivity index (χ3v) is 4.23. The first-order valence-corrected chi connectivity index (χ1v) is 7.75. The highest BCUT2D eigenvalue weighted by Gasteiger charge is 2.09. The number of rotatable bonds is 3. The molecule has 0 saturated carbocycles. The van der Waals surface area contributed by atoms with Gasteiger partial charge in [-0.1, -0.05) is 75.2 Å². The van der Waals surface area contributed by atoms with Crippen LogP contribution in [0, 0.1) is 0 Å². The van der Waals surface area contributed by atoms with Gasteiger partial charge in [-0.05, 0) is 46.2 Å². The van der Waals surface area contributed by atoms with Crippen LogP contribution in [0.4, 0.5) is 0 Å². The Bertz CT molecular complexity index is 557. The molecule has 0 spiro atoms. The van der Waals surface area contributed by atoms with Crippen molar-refractivity contribution in [3.8, 4) is 11.1 Å². The van der Waals surface area contributed by atoms with E-state index in [0.717, 1.165) is 21.2 Å². The van der Waals surface area contributed by atoms with Crippen LogP contribution in [0.5, 0.6) is 0 Å². The molecule has 0 N–H and O–H groups in total. The zero-order chi connectivity index (χ0) is 14.9. The van der Waals surface area contributed by atoms with Gasteiger partial charge in [-0.25, -0.2) is 0 Å². The molecule has 2 aromatic carbocycles. The minimum absolute atomic E-state index is 0.434. The lowest BCUT2D eigenvalue weighted by Gasteiger charge is -2.12. The van der Waals surface area contributed by atoms with Crippen molar-refractivity contribution in [1.29, 1.82) is 0 Å². The molecule has 0 aliphatic carbocycles. The Morgan fingerprint density at radius 1 is 0.650 bits per heavy atom. The first-order chi connectivity index (χ1) is 9.40. The fourth-order valence-electron chi connectivity index (χ4n) is 2.35. The Hall–Kier alpha value is -0.980. The highest BCUT2D eigenvalue weighted by molar-refractivity contribution is 6.32. The first kappa shape index (κ1) is 15.4. The fraction of sp³-hybridized carbons (Fsp3) is 0.333. The summed E-state index contributed by atoms with van der Waals surface area (Å²) in [5.74, 6) is 0.868. The maximum absolute atomic E-state index is 6.36. The van der Waals surface area contributed by atoms with Crippen LogP contribution in [0.2, 0.25) is 10.0 Å². The number of hydrogen-bond donors (Lipinski definition) is 0. The molecule has 0 aliphatic rings. The quantitative estimate of drug-likeness (QED) is 0.578. The first-order valence-electron chi connectivity index (χ1n) is 6.99. The molecule has 0 bridgehead atoms. The van der Waals surface area contributed by atoms with Crippen LogP contribution in [-0.4, -0.2) is 0 Å². The smallest absolute Gasteiger partial charge is 0.0446 e. The summed E-state index contributed by atoms with van der Waals surface area (Å²) in [6.07, 6.45) is 0. The second kappa shape index (κ2) is 6.20. The van der Waals surface area contributed by atoms with E-state index in [2.05, 4.69) is 52.0 Å². The Labute approximate surface area is 131 Å². The molecule has 2 rings (SSSR count). The Morgan fingerprint density at radius 3 is 1.25 bits per heavy atom. The monoisotopic (exact) mass is 306 g/mol. The molecule has 2 aromatic rings. The van der Waals surface area contributed by atoms with Crippen LogP contribution in [-0.2, 0) is 0 Å². The molecule has 0 unspecified atom stereocenters. The van der Waals surface area contributed by atoms with Crippen LogP contribution >= 0.6 is 23.2 Å². The summed E-state index contributed by atoms with van der Waals surface area (Å²) in [4.78, 5) is 0. The van der Waals surface area contributed by atoms with Crippen molar-refractivity contribution in [3.63, 3.8) is 0 Å². The second-order valence-corrected chi connectivity index (χ2v) is 6.60. The predicted octanol–water partition coefficient (Wildman–Crippen LogP) is 6.91. The van der Waals surface area contributed by atoms with Crippen molar-refractivity contribution in [2.75, 3.05) is 0 Å². The molecule has 0 radical (unpaired) electrons. The summed E-state index contributed by atoms with van der Waals surface area (Å²) >= 11 is 12.7. The molecule has 0 aromatic heterocycles. The van der Waals surface area contributed by atoms with Crippen LogP contribution < -0.4 is 0 Å². The van der Waals surface area contributed by atoms with Gasteiger partial charge >= 0.3 is 0 Å². The van der Waals surface area contributed by atoms with Gasteiger partial charge in [0.05, 0.1) is 0 Å². The second-order valence-electron chi connectivity index (χ2n) is 5.78. The molecule has 0 nitrogen and oxygen atoms in total. The van der Waals surface area contributed by atoms with Gasteiger partial charge in [-0.15, -0.1) is 0 Å². The highest BCUT2D eigenvalue weighted by Crippen LogP contribution is 2.33. The van der Waals surface area contributed by atoms with E-state index in [9.17, 15) is 0 Å². The van der Waals surface area contributed by atoms with Crippen molar-refractivity contribution in [1.82, 2.24) is 0 Å². The van der Waals surface area contributed by atoms with E-state index in [-0.39, 0.29) is 0 Å². The van der Waals surface area contributed by atoms with E-state index in [1.807, 2.05) is 12.1 Å². The number of hydrogen-bond acceptors (Lipinski definition) is 0. The summed E-state index contributed by atoms with van der Waals surface area (Å²) in [5.41, 5.74) is 4.58. The molecule has 2 heteroatoms. The Kier molecular flexibility index (Phi) is 4.78. The summed E-state index contributed by atoms with van der Waals surface area (Å²) in [7, 11) is 0. The predicted molar refractivity (Wildman–Crippen MR) is 90.1 cm³/mol. The number of benzene rings is 2. The van der Waals surface area contributed by atoms with Crippen LogP contribution in [0.1, 0.15) is 50.7 Å². The molecule has 0 amide bonds. The minimum atomic E-state index is 0.434. The number of halogens is 2. The normalized spacial score (nSPS) is 11.4. The van der Waals surface area contributed by atoms with E-state index in [1.165, 1.54) is 11.1 Å². The lowest BCUT2D eigenvalue weighted by atomic mass is 9.96. The molecule has 0 heterocycles. The lowest BCUT2D eigenvalue weighted by molar-refractivity contribution is 0.866. The van der Waals surface area contributed by atoms with Gasteiger partial charge in [0.1, 0.15) is 0 Å². The van der Waals surface area contributed by atoms with Gasteiger partial charge in [0.15, 0.2) is 0 Å². The van der Waals surface area contributed by atoms with Gasteiger partial charge in [-0.2, -0.15) is 0 Å². The standard InChI is InChI=1S/C18H20Cl2/c1-11(2)15-7-5-13(9-17(15)19)14-6-8-16(12(3)4)18(20)10-14/h5-12H,1-4H3. The van der Waals surface area contributed by atoms with Crippen molar-refractivity contribution in [2.45, 2.75) is 39.5 Å². The molecule has 0 aliphatic heterocycles. The molecule has 0 atom stereocenters. The minimum Gasteiger partial charge on any atom is -0.0840 e. The van der Waals surface area contributed by atoms with Gasteiger partial charge in [-0.3, -0.25) is 0 Å². The average Bonchev–Trinajstić information content (AvgIpc) is 2.37. The topological polar surface area (TPSA) is 0 Å². The fourth-order valence-corrected chi connectivity index (χ4v) is 3.15. The molecule has 20 heavy (non-hydrogen) atoms. The molecule has 0 saturated heterocycles. The summed E-state index contributed by atoms with van der Waals surface area (Å²) in [5, 5.41) is 1.64. The van der Waals surface area contributed by atoms with E-state index < -0.39 is 0 Å². The van der Waals surface area contributed by atoms with Gasteiger partial charge in [0.25, 0.3) is 0 Å². The van der Waals surface area contributed by atoms with Crippen molar-refractivity contribution in [2.24, 2.45) is 0 Å². The lowest BCUT2D eigenvalue weighted by Crippen LogP contribution is -1.91. The van der Waals surface area contributed by atoms with Gasteiger partial charge < -0.3 is 0 Å². The molecular formula is C18H20Cl2. The zero-order valence-corrected chi connectivity index (χ0v) is 13.9. The summed E-state index contributed by atoms with van der Waals surface area (Å²) in [6.45, 7) is 8.59. The van der Waals surface area contributed by atoms with Crippen LogP contribution in [0.25, 0.3) is 11.1 Å². The summed E-state index contributed by atoms with van der Waals surface area (Å²) in [6, 6.07) is 12.5. The van der Waals surface area contributed by atoms with Crippen molar-refractivity contribution < 1.29 is 0 Å². The summed E-state index contributed by atoms with van der Waals surface area (Å²) < 4.78 is 0. The average molecular weight is 307 g/mol. The molecule has 0 fully saturated rings. The van der Waals surface area contributed by atoms with Gasteiger partial charge in [0.2, 0.25) is 0 Å². The van der Waals surface area contributed by atoms with E-state index in [0.29, 0.717) is 11.8 Å². The van der Waals surface area contributed by atoms with Crippen LogP contribution in [0.15, 0.2) is 36.4 Å². The van der Waals surface area contributed by atoms with Crippen molar-refractivity contribution >= 4 is 23.2 Å². The zero-order valence-electron chi connectivity index (χ0n) is 12.4. The molecule has 106 valence electrons. The third kappa shape index (κ3) is 3.19. The van der Waals surface area contributed by atoms with Crippen molar-refractivity contribution in [3.05, 3.63) is 57.6 Å².